The molecular formula is C19H30O2. The molecule has 21 heavy (non-hydrogen) atoms. The summed E-state index contributed by atoms with van der Waals surface area (Å²) >= 11 is 0. The van der Waals surface area contributed by atoms with Crippen LogP contribution in [0.25, 0.3) is 0 Å². The van der Waals surface area contributed by atoms with Crippen LogP contribution in [0, 0.1) is 34.5 Å². The van der Waals surface area contributed by atoms with E-state index in [2.05, 4.69) is 13.8 Å². The minimum atomic E-state index is -0.0677. The molecule has 4 rings (SSSR count). The zero-order valence-electron chi connectivity index (χ0n) is 13.6. The average molecular weight is 290 g/mol. The van der Waals surface area contributed by atoms with Crippen LogP contribution < -0.4 is 0 Å². The van der Waals surface area contributed by atoms with Crippen LogP contribution in [-0.4, -0.2) is 17.0 Å². The third kappa shape index (κ3) is 1.84. The van der Waals surface area contributed by atoms with Crippen LogP contribution in [0.2, 0.25) is 0 Å². The van der Waals surface area contributed by atoms with Crippen LogP contribution in [0.3, 0.4) is 0 Å². The lowest BCUT2D eigenvalue weighted by Gasteiger charge is -2.60. The largest absolute Gasteiger partial charge is 0.393 e. The summed E-state index contributed by atoms with van der Waals surface area (Å²) in [4.78, 5) is 11.9. The van der Waals surface area contributed by atoms with Gasteiger partial charge in [-0.2, -0.15) is 0 Å². The Bertz CT molecular complexity index is 458. The Morgan fingerprint density at radius 2 is 1.71 bits per heavy atom. The van der Waals surface area contributed by atoms with Crippen LogP contribution in [0.4, 0.5) is 0 Å². The van der Waals surface area contributed by atoms with E-state index in [-0.39, 0.29) is 11.5 Å². The Hall–Kier alpha value is -0.370. The van der Waals surface area contributed by atoms with E-state index in [0.717, 1.165) is 43.4 Å². The summed E-state index contributed by atoms with van der Waals surface area (Å²) in [5.41, 5.74) is 0.598. The first-order valence-electron chi connectivity index (χ1n) is 9.15. The van der Waals surface area contributed by atoms with Crippen LogP contribution in [0.15, 0.2) is 0 Å². The third-order valence-electron chi connectivity index (χ3n) is 8.43. The second kappa shape index (κ2) is 4.57. The first kappa shape index (κ1) is 14.2. The number of aliphatic hydroxyl groups is 1. The standard InChI is InChI=1S/C19H30O2/c1-18-9-7-13(20)11-12(18)3-4-14-15-5-6-17(21)19(15,2)10-8-16(14)18/h12,14-17,21H,3-11H2,1-2H3/t12-,14+,15+,16+,17-,18-,19+/m0/s1. The number of carbonyl (C=O) groups is 1. The van der Waals surface area contributed by atoms with Gasteiger partial charge in [0.2, 0.25) is 0 Å². The van der Waals surface area contributed by atoms with Gasteiger partial charge in [0.25, 0.3) is 0 Å². The Morgan fingerprint density at radius 3 is 2.52 bits per heavy atom. The molecule has 2 nitrogen and oxygen atoms in total. The van der Waals surface area contributed by atoms with Crippen molar-refractivity contribution in [1.29, 1.82) is 0 Å². The van der Waals surface area contributed by atoms with E-state index in [0.29, 0.717) is 17.1 Å². The maximum atomic E-state index is 11.9. The lowest BCUT2D eigenvalue weighted by Crippen LogP contribution is -2.54. The van der Waals surface area contributed by atoms with Crippen molar-refractivity contribution in [1.82, 2.24) is 0 Å². The number of carbonyl (C=O) groups excluding carboxylic acids is 1. The highest BCUT2D eigenvalue weighted by molar-refractivity contribution is 5.79. The topological polar surface area (TPSA) is 37.3 Å². The van der Waals surface area contributed by atoms with Gasteiger partial charge in [0.15, 0.2) is 0 Å². The molecule has 118 valence electrons. The molecule has 0 unspecified atom stereocenters. The number of hydrogen-bond donors (Lipinski definition) is 1. The quantitative estimate of drug-likeness (QED) is 0.733. The van der Waals surface area contributed by atoms with E-state index in [1.54, 1.807) is 0 Å². The monoisotopic (exact) mass is 290 g/mol. The molecule has 4 aliphatic rings. The molecule has 0 aliphatic heterocycles. The molecule has 0 spiro atoms. The van der Waals surface area contributed by atoms with E-state index in [1.165, 1.54) is 32.1 Å². The molecule has 4 saturated carbocycles. The Labute approximate surface area is 128 Å². The average Bonchev–Trinajstić information content (AvgIpc) is 2.76. The molecule has 0 bridgehead atoms. The SMILES string of the molecule is C[C@]12CCC(=O)C[C@@H]1CC[C@H]1[C@H]2CC[C@]2(C)[C@@H]1CC[C@@H]2O. The number of hydrogen-bond acceptors (Lipinski definition) is 2. The van der Waals surface area contributed by atoms with E-state index >= 15 is 0 Å². The maximum absolute atomic E-state index is 11.9. The molecule has 1 N–H and O–H groups in total. The fourth-order valence-electron chi connectivity index (χ4n) is 7.02. The van der Waals surface area contributed by atoms with Crippen molar-refractivity contribution in [3.8, 4) is 0 Å². The van der Waals surface area contributed by atoms with Crippen molar-refractivity contribution in [2.75, 3.05) is 0 Å². The van der Waals surface area contributed by atoms with Gasteiger partial charge >= 0.3 is 0 Å². The molecule has 0 aromatic carbocycles. The molecule has 7 atom stereocenters. The van der Waals surface area contributed by atoms with Crippen LogP contribution >= 0.6 is 0 Å². The van der Waals surface area contributed by atoms with Crippen molar-refractivity contribution < 1.29 is 9.90 Å². The number of Topliss-reactive ketones (excluding diaryl/α,β-unsaturated/α-hetero) is 1. The summed E-state index contributed by atoms with van der Waals surface area (Å²) in [6.07, 6.45) is 10.0. The number of fused-ring (bicyclic) bond motifs is 5. The first-order chi connectivity index (χ1) is 9.95. The van der Waals surface area contributed by atoms with E-state index < -0.39 is 0 Å². The van der Waals surface area contributed by atoms with Crippen molar-refractivity contribution in [2.24, 2.45) is 34.5 Å². The summed E-state index contributed by atoms with van der Waals surface area (Å²) < 4.78 is 0. The minimum Gasteiger partial charge on any atom is -0.393 e. The van der Waals surface area contributed by atoms with Crippen molar-refractivity contribution >= 4 is 5.78 Å². The number of ketones is 1. The smallest absolute Gasteiger partial charge is 0.133 e. The number of rotatable bonds is 0. The zero-order chi connectivity index (χ0) is 14.8. The van der Waals surface area contributed by atoms with Gasteiger partial charge in [0.1, 0.15) is 5.78 Å². The van der Waals surface area contributed by atoms with Crippen molar-refractivity contribution in [3.05, 3.63) is 0 Å². The van der Waals surface area contributed by atoms with Gasteiger partial charge in [-0.1, -0.05) is 13.8 Å². The molecule has 2 heteroatoms. The highest BCUT2D eigenvalue weighted by atomic mass is 16.3. The normalized spacial score (nSPS) is 56.5. The molecule has 0 aromatic rings. The molecule has 0 aromatic heterocycles. The molecular weight excluding hydrogens is 260 g/mol. The summed E-state index contributed by atoms with van der Waals surface area (Å²) in [7, 11) is 0. The van der Waals surface area contributed by atoms with Gasteiger partial charge in [-0.25, -0.2) is 0 Å². The Kier molecular flexibility index (Phi) is 3.10. The molecule has 4 aliphatic carbocycles. The van der Waals surface area contributed by atoms with Gasteiger partial charge in [-0.3, -0.25) is 4.79 Å². The van der Waals surface area contributed by atoms with Crippen LogP contribution in [0.1, 0.15) is 71.6 Å². The highest BCUT2D eigenvalue weighted by Crippen LogP contribution is 2.65. The van der Waals surface area contributed by atoms with Gasteiger partial charge in [-0.05, 0) is 79.4 Å². The van der Waals surface area contributed by atoms with E-state index in [9.17, 15) is 9.90 Å². The minimum absolute atomic E-state index is 0.0677. The molecule has 0 radical (unpaired) electrons. The van der Waals surface area contributed by atoms with Gasteiger partial charge < -0.3 is 5.11 Å². The maximum Gasteiger partial charge on any atom is 0.133 e. The summed E-state index contributed by atoms with van der Waals surface area (Å²) in [6.45, 7) is 4.85. The Morgan fingerprint density at radius 1 is 0.952 bits per heavy atom. The van der Waals surface area contributed by atoms with Gasteiger partial charge in [0, 0.05) is 12.8 Å². The molecule has 4 fully saturated rings. The highest BCUT2D eigenvalue weighted by Gasteiger charge is 2.59. The number of aliphatic hydroxyl groups excluding tert-OH is 1. The molecule has 0 saturated heterocycles. The zero-order valence-corrected chi connectivity index (χ0v) is 13.6. The second-order valence-electron chi connectivity index (χ2n) is 9.04. The van der Waals surface area contributed by atoms with E-state index in [1.807, 2.05) is 0 Å². The molecule has 0 amide bonds. The Balaban J connectivity index is 1.64. The lowest BCUT2D eigenvalue weighted by atomic mass is 9.45. The van der Waals surface area contributed by atoms with Crippen LogP contribution in [0.5, 0.6) is 0 Å². The van der Waals surface area contributed by atoms with Crippen molar-refractivity contribution in [3.63, 3.8) is 0 Å². The molecule has 0 heterocycles. The van der Waals surface area contributed by atoms with E-state index in [4.69, 9.17) is 0 Å². The van der Waals surface area contributed by atoms with Crippen LogP contribution in [-0.2, 0) is 4.79 Å². The summed E-state index contributed by atoms with van der Waals surface area (Å²) in [6, 6.07) is 0. The van der Waals surface area contributed by atoms with Crippen molar-refractivity contribution in [2.45, 2.75) is 77.7 Å². The van der Waals surface area contributed by atoms with Gasteiger partial charge in [-0.15, -0.1) is 0 Å². The predicted molar refractivity (Wildman–Crippen MR) is 82.7 cm³/mol. The van der Waals surface area contributed by atoms with Gasteiger partial charge in [0.05, 0.1) is 6.10 Å². The fourth-order valence-corrected chi connectivity index (χ4v) is 7.02. The second-order valence-corrected chi connectivity index (χ2v) is 9.04. The lowest BCUT2D eigenvalue weighted by molar-refractivity contribution is -0.141. The fraction of sp³-hybridized carbons (Fsp3) is 0.947. The summed E-state index contributed by atoms with van der Waals surface area (Å²) in [5, 5.41) is 10.5. The summed E-state index contributed by atoms with van der Waals surface area (Å²) in [5.74, 6) is 3.52. The first-order valence-corrected chi connectivity index (χ1v) is 9.15. The third-order valence-corrected chi connectivity index (χ3v) is 8.43. The predicted octanol–water partition coefficient (Wildman–Crippen LogP) is 3.96.